The van der Waals surface area contributed by atoms with Gasteiger partial charge in [-0.15, -0.1) is 0 Å². The standard InChI is InChI=1S/C12H18FNO/c1-9-4-5-10(13)8-11(9)14-7-6-12(2,3)15/h4-5,8,14-15H,6-7H2,1-3H3. The van der Waals surface area contributed by atoms with Crippen LogP contribution in [0.1, 0.15) is 25.8 Å². The molecule has 2 N–H and O–H groups in total. The first-order valence-electron chi connectivity index (χ1n) is 5.11. The molecular formula is C12H18FNO. The number of benzene rings is 1. The van der Waals surface area contributed by atoms with Crippen LogP contribution < -0.4 is 5.32 Å². The predicted octanol–water partition coefficient (Wildman–Crippen LogP) is 2.71. The Bertz CT molecular complexity index is 331. The SMILES string of the molecule is Cc1ccc(F)cc1NCCC(C)(C)O. The van der Waals surface area contributed by atoms with E-state index in [1.54, 1.807) is 19.9 Å². The predicted molar refractivity (Wildman–Crippen MR) is 60.5 cm³/mol. The Morgan fingerprint density at radius 3 is 2.67 bits per heavy atom. The molecular weight excluding hydrogens is 193 g/mol. The van der Waals surface area contributed by atoms with E-state index in [0.29, 0.717) is 13.0 Å². The second-order valence-electron chi connectivity index (χ2n) is 4.45. The van der Waals surface area contributed by atoms with Crippen LogP contribution in [0.25, 0.3) is 0 Å². The zero-order chi connectivity index (χ0) is 11.5. The molecule has 15 heavy (non-hydrogen) atoms. The van der Waals surface area contributed by atoms with E-state index in [2.05, 4.69) is 5.32 Å². The van der Waals surface area contributed by atoms with Crippen molar-refractivity contribution in [3.05, 3.63) is 29.6 Å². The fourth-order valence-electron chi connectivity index (χ4n) is 1.29. The van der Waals surface area contributed by atoms with Gasteiger partial charge in [0.25, 0.3) is 0 Å². The zero-order valence-electron chi connectivity index (χ0n) is 9.47. The van der Waals surface area contributed by atoms with Crippen LogP contribution in [0.3, 0.4) is 0 Å². The van der Waals surface area contributed by atoms with Crippen molar-refractivity contribution in [3.63, 3.8) is 0 Å². The third kappa shape index (κ3) is 4.30. The number of aryl methyl sites for hydroxylation is 1. The van der Waals surface area contributed by atoms with Crippen molar-refractivity contribution in [2.45, 2.75) is 32.8 Å². The Hall–Kier alpha value is -1.09. The van der Waals surface area contributed by atoms with Gasteiger partial charge >= 0.3 is 0 Å². The van der Waals surface area contributed by atoms with Crippen LogP contribution in [0.15, 0.2) is 18.2 Å². The van der Waals surface area contributed by atoms with Gasteiger partial charge in [0.1, 0.15) is 5.82 Å². The normalized spacial score (nSPS) is 11.5. The summed E-state index contributed by atoms with van der Waals surface area (Å²) in [6, 6.07) is 4.65. The molecule has 3 heteroatoms. The van der Waals surface area contributed by atoms with Crippen molar-refractivity contribution in [2.24, 2.45) is 0 Å². The first-order valence-corrected chi connectivity index (χ1v) is 5.11. The van der Waals surface area contributed by atoms with Gasteiger partial charge in [0, 0.05) is 12.2 Å². The highest BCUT2D eigenvalue weighted by molar-refractivity contribution is 5.50. The molecule has 0 fully saturated rings. The van der Waals surface area contributed by atoms with E-state index >= 15 is 0 Å². The molecule has 0 bridgehead atoms. The maximum Gasteiger partial charge on any atom is 0.125 e. The molecule has 0 atom stereocenters. The van der Waals surface area contributed by atoms with Crippen molar-refractivity contribution < 1.29 is 9.50 Å². The molecule has 1 rings (SSSR count). The van der Waals surface area contributed by atoms with Gasteiger partial charge in [0.2, 0.25) is 0 Å². The quantitative estimate of drug-likeness (QED) is 0.802. The number of hydrogen-bond donors (Lipinski definition) is 2. The average molecular weight is 211 g/mol. The van der Waals surface area contributed by atoms with Gasteiger partial charge in [0.05, 0.1) is 5.60 Å². The van der Waals surface area contributed by atoms with Crippen molar-refractivity contribution in [2.75, 3.05) is 11.9 Å². The van der Waals surface area contributed by atoms with Gasteiger partial charge in [-0.25, -0.2) is 4.39 Å². The molecule has 0 aliphatic rings. The van der Waals surface area contributed by atoms with Crippen LogP contribution in [0.5, 0.6) is 0 Å². The van der Waals surface area contributed by atoms with Crippen LogP contribution in [0, 0.1) is 12.7 Å². The highest BCUT2D eigenvalue weighted by Crippen LogP contribution is 2.16. The smallest absolute Gasteiger partial charge is 0.125 e. The Labute approximate surface area is 90.1 Å². The Morgan fingerprint density at radius 2 is 2.07 bits per heavy atom. The molecule has 2 nitrogen and oxygen atoms in total. The third-order valence-electron chi connectivity index (χ3n) is 2.25. The van der Waals surface area contributed by atoms with Crippen LogP contribution in [-0.2, 0) is 0 Å². The molecule has 0 unspecified atom stereocenters. The average Bonchev–Trinajstić information content (AvgIpc) is 2.09. The van der Waals surface area contributed by atoms with Gasteiger partial charge in [-0.3, -0.25) is 0 Å². The number of hydrogen-bond acceptors (Lipinski definition) is 2. The summed E-state index contributed by atoms with van der Waals surface area (Å²) in [5.74, 6) is -0.244. The van der Waals surface area contributed by atoms with Gasteiger partial charge < -0.3 is 10.4 Å². The molecule has 0 heterocycles. The monoisotopic (exact) mass is 211 g/mol. The molecule has 0 saturated carbocycles. The maximum absolute atomic E-state index is 12.9. The molecule has 1 aromatic rings. The number of anilines is 1. The minimum Gasteiger partial charge on any atom is -0.390 e. The Kier molecular flexibility index (Phi) is 3.69. The van der Waals surface area contributed by atoms with Gasteiger partial charge in [0.15, 0.2) is 0 Å². The summed E-state index contributed by atoms with van der Waals surface area (Å²) < 4.78 is 12.9. The maximum atomic E-state index is 12.9. The van der Waals surface area contributed by atoms with Gasteiger partial charge in [-0.1, -0.05) is 6.07 Å². The second kappa shape index (κ2) is 4.62. The summed E-state index contributed by atoms with van der Waals surface area (Å²) in [6.45, 7) is 6.07. The summed E-state index contributed by atoms with van der Waals surface area (Å²) in [5, 5.41) is 12.6. The molecule has 0 saturated heterocycles. The lowest BCUT2D eigenvalue weighted by Crippen LogP contribution is -2.22. The number of rotatable bonds is 4. The molecule has 1 aromatic carbocycles. The van der Waals surface area contributed by atoms with Gasteiger partial charge in [-0.05, 0) is 44.9 Å². The number of nitrogens with one attached hydrogen (secondary N) is 1. The van der Waals surface area contributed by atoms with Crippen LogP contribution in [0.2, 0.25) is 0 Å². The van der Waals surface area contributed by atoms with E-state index in [-0.39, 0.29) is 5.82 Å². The van der Waals surface area contributed by atoms with Crippen molar-refractivity contribution in [1.29, 1.82) is 0 Å². The lowest BCUT2D eigenvalue weighted by molar-refractivity contribution is 0.0749. The lowest BCUT2D eigenvalue weighted by Gasteiger charge is -2.18. The molecule has 0 aliphatic heterocycles. The van der Waals surface area contributed by atoms with Crippen LogP contribution >= 0.6 is 0 Å². The summed E-state index contributed by atoms with van der Waals surface area (Å²) in [7, 11) is 0. The first-order chi connectivity index (χ1) is 6.88. The van der Waals surface area contributed by atoms with E-state index in [4.69, 9.17) is 0 Å². The molecule has 0 aromatic heterocycles. The van der Waals surface area contributed by atoms with Crippen molar-refractivity contribution >= 4 is 5.69 Å². The summed E-state index contributed by atoms with van der Waals surface area (Å²) in [4.78, 5) is 0. The lowest BCUT2D eigenvalue weighted by atomic mass is 10.1. The van der Waals surface area contributed by atoms with Crippen molar-refractivity contribution in [1.82, 2.24) is 0 Å². The summed E-state index contributed by atoms with van der Waals surface area (Å²) in [6.07, 6.45) is 0.628. The summed E-state index contributed by atoms with van der Waals surface area (Å²) >= 11 is 0. The van der Waals surface area contributed by atoms with Crippen molar-refractivity contribution in [3.8, 4) is 0 Å². The van der Waals surface area contributed by atoms with E-state index in [9.17, 15) is 9.50 Å². The zero-order valence-corrected chi connectivity index (χ0v) is 9.47. The minimum absolute atomic E-state index is 0.244. The molecule has 0 aliphatic carbocycles. The topological polar surface area (TPSA) is 32.3 Å². The van der Waals surface area contributed by atoms with E-state index in [1.807, 2.05) is 6.92 Å². The molecule has 84 valence electrons. The number of halogens is 1. The largest absolute Gasteiger partial charge is 0.390 e. The molecule has 0 amide bonds. The third-order valence-corrected chi connectivity index (χ3v) is 2.25. The fraction of sp³-hybridized carbons (Fsp3) is 0.500. The molecule has 0 spiro atoms. The van der Waals surface area contributed by atoms with E-state index in [0.717, 1.165) is 11.3 Å². The minimum atomic E-state index is -0.686. The Morgan fingerprint density at radius 1 is 1.40 bits per heavy atom. The summed E-state index contributed by atoms with van der Waals surface area (Å²) in [5.41, 5.74) is 1.11. The van der Waals surface area contributed by atoms with Crippen LogP contribution in [0.4, 0.5) is 10.1 Å². The van der Waals surface area contributed by atoms with Gasteiger partial charge in [-0.2, -0.15) is 0 Å². The highest BCUT2D eigenvalue weighted by atomic mass is 19.1. The van der Waals surface area contributed by atoms with E-state index in [1.165, 1.54) is 12.1 Å². The van der Waals surface area contributed by atoms with Crippen LogP contribution in [-0.4, -0.2) is 17.3 Å². The Balaban J connectivity index is 2.54. The van der Waals surface area contributed by atoms with E-state index < -0.39 is 5.60 Å². The molecule has 0 radical (unpaired) electrons. The first kappa shape index (κ1) is 12.0. The highest BCUT2D eigenvalue weighted by Gasteiger charge is 2.11. The number of aliphatic hydroxyl groups is 1. The fourth-order valence-corrected chi connectivity index (χ4v) is 1.29. The second-order valence-corrected chi connectivity index (χ2v) is 4.45.